The fourth-order valence-corrected chi connectivity index (χ4v) is 3.91. The van der Waals surface area contributed by atoms with Crippen LogP contribution in [0.1, 0.15) is 48.4 Å². The Balaban J connectivity index is 1.69. The summed E-state index contributed by atoms with van der Waals surface area (Å²) in [4.78, 5) is 38.0. The molecule has 0 saturated heterocycles. The standard InChI is InChI=1S/C28H30N2O4/c1-20(21-12-6-3-7-13-21)29-24(31)18-19-25(32)30-27(28(33)34-2)26(22-14-8-4-9-15-22)23-16-10-5-11-17-23/h3-17,20,26-27H,18-19H2,1-2H3,(H,29,31)(H,30,32)/t20-,27+/m1/s1. The van der Waals surface area contributed by atoms with Crippen molar-refractivity contribution in [3.05, 3.63) is 108 Å². The number of carbonyl (C=O) groups is 3. The van der Waals surface area contributed by atoms with Crippen molar-refractivity contribution in [1.29, 1.82) is 0 Å². The zero-order valence-electron chi connectivity index (χ0n) is 19.4. The molecule has 0 fully saturated rings. The van der Waals surface area contributed by atoms with Gasteiger partial charge in [-0.1, -0.05) is 91.0 Å². The van der Waals surface area contributed by atoms with E-state index in [4.69, 9.17) is 4.74 Å². The highest BCUT2D eigenvalue weighted by Gasteiger charge is 2.33. The van der Waals surface area contributed by atoms with Gasteiger partial charge in [0.25, 0.3) is 0 Å². The van der Waals surface area contributed by atoms with Crippen molar-refractivity contribution in [2.75, 3.05) is 7.11 Å². The Labute approximate surface area is 200 Å². The summed E-state index contributed by atoms with van der Waals surface area (Å²) in [5.41, 5.74) is 2.73. The second kappa shape index (κ2) is 12.3. The molecule has 2 atom stereocenters. The van der Waals surface area contributed by atoms with Gasteiger partial charge >= 0.3 is 5.97 Å². The van der Waals surface area contributed by atoms with Crippen LogP contribution in [0.3, 0.4) is 0 Å². The number of methoxy groups -OCH3 is 1. The Bertz CT molecular complexity index is 1030. The number of esters is 1. The van der Waals surface area contributed by atoms with Crippen molar-refractivity contribution in [2.45, 2.75) is 37.8 Å². The Morgan fingerprint density at radius 1 is 0.676 bits per heavy atom. The van der Waals surface area contributed by atoms with Crippen LogP contribution in [0.4, 0.5) is 0 Å². The topological polar surface area (TPSA) is 84.5 Å². The molecular formula is C28H30N2O4. The van der Waals surface area contributed by atoms with Crippen molar-refractivity contribution in [3.63, 3.8) is 0 Å². The molecule has 34 heavy (non-hydrogen) atoms. The number of hydrogen-bond donors (Lipinski definition) is 2. The van der Waals surface area contributed by atoms with Crippen LogP contribution in [0.25, 0.3) is 0 Å². The minimum Gasteiger partial charge on any atom is -0.467 e. The van der Waals surface area contributed by atoms with Crippen LogP contribution in [-0.2, 0) is 19.1 Å². The lowest BCUT2D eigenvalue weighted by molar-refractivity contribution is -0.145. The third kappa shape index (κ3) is 6.78. The smallest absolute Gasteiger partial charge is 0.329 e. The van der Waals surface area contributed by atoms with E-state index in [1.165, 1.54) is 7.11 Å². The van der Waals surface area contributed by atoms with E-state index in [1.54, 1.807) is 0 Å². The molecule has 6 nitrogen and oxygen atoms in total. The van der Waals surface area contributed by atoms with Crippen LogP contribution in [0, 0.1) is 0 Å². The summed E-state index contributed by atoms with van der Waals surface area (Å²) < 4.78 is 5.03. The summed E-state index contributed by atoms with van der Waals surface area (Å²) in [7, 11) is 1.30. The summed E-state index contributed by atoms with van der Waals surface area (Å²) >= 11 is 0. The van der Waals surface area contributed by atoms with Crippen LogP contribution in [0.15, 0.2) is 91.0 Å². The van der Waals surface area contributed by atoms with Crippen molar-refractivity contribution >= 4 is 17.8 Å². The van der Waals surface area contributed by atoms with Gasteiger partial charge in [-0.25, -0.2) is 4.79 Å². The van der Waals surface area contributed by atoms with Crippen molar-refractivity contribution < 1.29 is 19.1 Å². The van der Waals surface area contributed by atoms with Gasteiger partial charge in [-0.15, -0.1) is 0 Å². The summed E-state index contributed by atoms with van der Waals surface area (Å²) in [6.45, 7) is 1.89. The van der Waals surface area contributed by atoms with E-state index >= 15 is 0 Å². The lowest BCUT2D eigenvalue weighted by Crippen LogP contribution is -2.46. The predicted molar refractivity (Wildman–Crippen MR) is 131 cm³/mol. The minimum atomic E-state index is -0.936. The molecule has 3 rings (SSSR count). The van der Waals surface area contributed by atoms with E-state index in [9.17, 15) is 14.4 Å². The van der Waals surface area contributed by atoms with E-state index in [2.05, 4.69) is 10.6 Å². The van der Waals surface area contributed by atoms with Crippen LogP contribution in [0.5, 0.6) is 0 Å². The molecule has 3 aromatic rings. The largest absolute Gasteiger partial charge is 0.467 e. The normalized spacial score (nSPS) is 12.4. The maximum absolute atomic E-state index is 12.8. The predicted octanol–water partition coefficient (Wildman–Crippen LogP) is 4.13. The molecule has 0 aromatic heterocycles. The zero-order chi connectivity index (χ0) is 24.3. The van der Waals surface area contributed by atoms with Gasteiger partial charge < -0.3 is 15.4 Å². The highest BCUT2D eigenvalue weighted by atomic mass is 16.5. The molecule has 0 unspecified atom stereocenters. The van der Waals surface area contributed by atoms with Gasteiger partial charge in [0.05, 0.1) is 13.2 Å². The van der Waals surface area contributed by atoms with E-state index < -0.39 is 23.8 Å². The molecule has 0 saturated carbocycles. The van der Waals surface area contributed by atoms with Gasteiger partial charge in [-0.2, -0.15) is 0 Å². The molecule has 2 N–H and O–H groups in total. The molecule has 0 bridgehead atoms. The van der Waals surface area contributed by atoms with E-state index in [1.807, 2.05) is 97.9 Å². The quantitative estimate of drug-likeness (QED) is 0.448. The first-order chi connectivity index (χ1) is 16.5. The van der Waals surface area contributed by atoms with E-state index in [-0.39, 0.29) is 24.8 Å². The van der Waals surface area contributed by atoms with Gasteiger partial charge in [-0.3, -0.25) is 9.59 Å². The third-order valence-electron chi connectivity index (χ3n) is 5.68. The lowest BCUT2D eigenvalue weighted by atomic mass is 9.85. The van der Waals surface area contributed by atoms with Crippen molar-refractivity contribution in [1.82, 2.24) is 10.6 Å². The van der Waals surface area contributed by atoms with Crippen LogP contribution in [-0.4, -0.2) is 30.9 Å². The second-order valence-electron chi connectivity index (χ2n) is 8.07. The molecule has 0 radical (unpaired) electrons. The summed E-state index contributed by atoms with van der Waals surface area (Å²) in [5.74, 6) is -1.61. The number of amides is 2. The number of carbonyl (C=O) groups excluding carboxylic acids is 3. The average molecular weight is 459 g/mol. The van der Waals surface area contributed by atoms with Crippen LogP contribution < -0.4 is 10.6 Å². The maximum atomic E-state index is 12.8. The average Bonchev–Trinajstić information content (AvgIpc) is 2.88. The van der Waals surface area contributed by atoms with Crippen LogP contribution >= 0.6 is 0 Å². The first-order valence-electron chi connectivity index (χ1n) is 11.3. The maximum Gasteiger partial charge on any atom is 0.329 e. The van der Waals surface area contributed by atoms with Crippen molar-refractivity contribution in [3.8, 4) is 0 Å². The fourth-order valence-electron chi connectivity index (χ4n) is 3.91. The molecule has 0 aliphatic carbocycles. The zero-order valence-corrected chi connectivity index (χ0v) is 19.4. The number of ether oxygens (including phenoxy) is 1. The highest BCUT2D eigenvalue weighted by Crippen LogP contribution is 2.29. The second-order valence-corrected chi connectivity index (χ2v) is 8.07. The summed E-state index contributed by atoms with van der Waals surface area (Å²) in [5, 5.41) is 5.71. The molecule has 0 aliphatic rings. The summed E-state index contributed by atoms with van der Waals surface area (Å²) in [6, 6.07) is 27.5. The first kappa shape index (κ1) is 24.7. The lowest BCUT2D eigenvalue weighted by Gasteiger charge is -2.27. The molecule has 176 valence electrons. The molecule has 0 heterocycles. The number of rotatable bonds is 10. The molecule has 6 heteroatoms. The van der Waals surface area contributed by atoms with Gasteiger partial charge in [0.1, 0.15) is 6.04 Å². The van der Waals surface area contributed by atoms with Crippen LogP contribution in [0.2, 0.25) is 0 Å². The third-order valence-corrected chi connectivity index (χ3v) is 5.68. The fraction of sp³-hybridized carbons (Fsp3) is 0.250. The Morgan fingerprint density at radius 3 is 1.53 bits per heavy atom. The minimum absolute atomic E-state index is 0.0121. The van der Waals surface area contributed by atoms with Gasteiger partial charge in [0.2, 0.25) is 11.8 Å². The number of hydrogen-bond acceptors (Lipinski definition) is 4. The monoisotopic (exact) mass is 458 g/mol. The summed E-state index contributed by atoms with van der Waals surface area (Å²) in [6.07, 6.45) is -0.0324. The first-order valence-corrected chi connectivity index (χ1v) is 11.3. The van der Waals surface area contributed by atoms with Gasteiger partial charge in [0.15, 0.2) is 0 Å². The molecule has 3 aromatic carbocycles. The van der Waals surface area contributed by atoms with Gasteiger partial charge in [0, 0.05) is 18.8 Å². The van der Waals surface area contributed by atoms with E-state index in [0.717, 1.165) is 16.7 Å². The molecule has 2 amide bonds. The SMILES string of the molecule is COC(=O)[C@@H](NC(=O)CCC(=O)N[C@H](C)c1ccccc1)C(c1ccccc1)c1ccccc1. The Hall–Kier alpha value is -3.93. The highest BCUT2D eigenvalue weighted by molar-refractivity contribution is 5.88. The van der Waals surface area contributed by atoms with Crippen molar-refractivity contribution in [2.24, 2.45) is 0 Å². The van der Waals surface area contributed by atoms with Gasteiger partial charge in [-0.05, 0) is 23.6 Å². The van der Waals surface area contributed by atoms with E-state index in [0.29, 0.717) is 0 Å². The Kier molecular flexibility index (Phi) is 8.97. The number of benzene rings is 3. The number of nitrogens with one attached hydrogen (secondary N) is 2. The molecule has 0 spiro atoms. The molecular weight excluding hydrogens is 428 g/mol. The Morgan fingerprint density at radius 2 is 1.09 bits per heavy atom. The molecule has 0 aliphatic heterocycles.